The van der Waals surface area contributed by atoms with Gasteiger partial charge in [-0.05, 0) is 31.6 Å². The highest BCUT2D eigenvalue weighted by atomic mass is 31.2. The molecule has 0 fully saturated rings. The van der Waals surface area contributed by atoms with Crippen LogP contribution in [-0.4, -0.2) is 96.7 Å². The fraction of sp³-hybridized carbons (Fsp3) is 0.942. The van der Waals surface area contributed by atoms with Crippen LogP contribution in [0.2, 0.25) is 0 Å². The molecule has 88 heavy (non-hydrogen) atoms. The third-order valence-electron chi connectivity index (χ3n) is 16.0. The van der Waals surface area contributed by atoms with Crippen molar-refractivity contribution in [2.75, 3.05) is 39.6 Å². The minimum atomic E-state index is -4.95. The van der Waals surface area contributed by atoms with Gasteiger partial charge in [-0.3, -0.25) is 37.3 Å². The molecule has 0 aromatic heterocycles. The van der Waals surface area contributed by atoms with Crippen LogP contribution in [0.25, 0.3) is 0 Å². The number of hydrogen-bond donors (Lipinski definition) is 3. The van der Waals surface area contributed by atoms with Crippen LogP contribution in [0.1, 0.15) is 356 Å². The average Bonchev–Trinajstić information content (AvgIpc) is 3.51. The van der Waals surface area contributed by atoms with E-state index in [0.29, 0.717) is 25.7 Å². The Balaban J connectivity index is 5.22. The first-order valence-corrected chi connectivity index (χ1v) is 39.1. The lowest BCUT2D eigenvalue weighted by Gasteiger charge is -2.21. The van der Waals surface area contributed by atoms with Crippen molar-refractivity contribution in [3.05, 3.63) is 0 Å². The Labute approximate surface area is 537 Å². The number of aliphatic hydroxyl groups is 1. The average molecular weight is 1300 g/mol. The van der Waals surface area contributed by atoms with Crippen LogP contribution in [0.5, 0.6) is 0 Å². The van der Waals surface area contributed by atoms with Crippen LogP contribution >= 0.6 is 15.6 Å². The quantitative estimate of drug-likeness (QED) is 0.0222. The molecule has 0 saturated carbocycles. The molecular weight excluding hydrogens is 1160 g/mol. The van der Waals surface area contributed by atoms with E-state index in [-0.39, 0.29) is 25.7 Å². The lowest BCUT2D eigenvalue weighted by atomic mass is 10.0. The highest BCUT2D eigenvalue weighted by Crippen LogP contribution is 2.45. The van der Waals surface area contributed by atoms with Crippen LogP contribution in [0, 0.1) is 5.92 Å². The van der Waals surface area contributed by atoms with Gasteiger partial charge in [0.1, 0.15) is 19.3 Å². The zero-order chi connectivity index (χ0) is 64.9. The first kappa shape index (κ1) is 86.1. The number of unbranched alkanes of at least 4 members (excludes halogenated alkanes) is 41. The van der Waals surface area contributed by atoms with Gasteiger partial charge in [-0.2, -0.15) is 0 Å². The van der Waals surface area contributed by atoms with Gasteiger partial charge >= 0.3 is 39.5 Å². The molecule has 19 heteroatoms. The molecule has 0 heterocycles. The van der Waals surface area contributed by atoms with E-state index in [9.17, 15) is 43.2 Å². The topological polar surface area (TPSA) is 237 Å². The van der Waals surface area contributed by atoms with Crippen LogP contribution in [0.15, 0.2) is 0 Å². The molecule has 0 aliphatic carbocycles. The van der Waals surface area contributed by atoms with Gasteiger partial charge in [0.25, 0.3) is 0 Å². The van der Waals surface area contributed by atoms with Gasteiger partial charge in [0, 0.05) is 25.7 Å². The lowest BCUT2D eigenvalue weighted by molar-refractivity contribution is -0.161. The molecule has 0 bridgehead atoms. The van der Waals surface area contributed by atoms with Crippen molar-refractivity contribution in [1.82, 2.24) is 0 Å². The molecule has 2 unspecified atom stereocenters. The summed E-state index contributed by atoms with van der Waals surface area (Å²) in [6.07, 6.45) is 48.6. The maximum absolute atomic E-state index is 13.0. The number of ether oxygens (including phenoxy) is 4. The molecule has 5 atom stereocenters. The first-order chi connectivity index (χ1) is 42.5. The number of phosphoric acid groups is 2. The van der Waals surface area contributed by atoms with Crippen molar-refractivity contribution < 1.29 is 80.2 Å². The Bertz CT molecular complexity index is 1700. The van der Waals surface area contributed by atoms with Crippen molar-refractivity contribution in [1.29, 1.82) is 0 Å². The third-order valence-corrected chi connectivity index (χ3v) is 17.9. The van der Waals surface area contributed by atoms with Crippen molar-refractivity contribution in [3.63, 3.8) is 0 Å². The van der Waals surface area contributed by atoms with Crippen LogP contribution in [-0.2, 0) is 65.4 Å². The van der Waals surface area contributed by atoms with Gasteiger partial charge < -0.3 is 33.8 Å². The molecule has 3 N–H and O–H groups in total. The lowest BCUT2D eigenvalue weighted by Crippen LogP contribution is -2.30. The van der Waals surface area contributed by atoms with Crippen molar-refractivity contribution in [2.45, 2.75) is 374 Å². The molecule has 0 amide bonds. The number of phosphoric ester groups is 2. The van der Waals surface area contributed by atoms with Crippen LogP contribution in [0.4, 0.5) is 0 Å². The second-order valence-electron chi connectivity index (χ2n) is 25.4. The second kappa shape index (κ2) is 62.5. The number of aliphatic hydroxyl groups excluding tert-OH is 1. The standard InChI is InChI=1S/C69H134O17P2/c1-6-9-12-15-18-21-23-25-27-29-31-33-39-44-49-54-68(73)85-65(59-80-67(72)53-48-43-38-32-30-28-26-24-22-19-16-13-10-7-2)61-84-88(77,78)82-57-63(70)56-81-87(75,76)83-60-64(58-79-66(71)52-47-42-37-20-17-14-11-8-3)86-69(74)55-50-45-40-35-34-36-41-46-51-62(4)5/h62-65,70H,6-61H2,1-5H3,(H,75,76)(H,77,78)/t63-,64+,65+/m0/s1. The Morgan fingerprint density at radius 3 is 0.773 bits per heavy atom. The number of carbonyl (C=O) groups excluding carboxylic acids is 4. The fourth-order valence-electron chi connectivity index (χ4n) is 10.5. The smallest absolute Gasteiger partial charge is 0.462 e. The minimum Gasteiger partial charge on any atom is -0.462 e. The molecule has 0 aromatic carbocycles. The molecule has 0 spiro atoms. The SMILES string of the molecule is CCCCCCCCCCCCCCCCCC(=O)O[C@H](COC(=O)CCCCCCCCCCCCCCCC)COP(=O)(O)OC[C@@H](O)COP(=O)(O)OC[C@@H](COC(=O)CCCCCCCCCC)OC(=O)CCCCCCCCCCC(C)C. The highest BCUT2D eigenvalue weighted by molar-refractivity contribution is 7.47. The summed E-state index contributed by atoms with van der Waals surface area (Å²) < 4.78 is 68.2. The van der Waals surface area contributed by atoms with Crippen molar-refractivity contribution >= 4 is 39.5 Å². The number of esters is 4. The van der Waals surface area contributed by atoms with Gasteiger partial charge in [0.05, 0.1) is 26.4 Å². The second-order valence-corrected chi connectivity index (χ2v) is 28.3. The normalized spacial score (nSPS) is 14.1. The Kier molecular flexibility index (Phi) is 61.1. The van der Waals surface area contributed by atoms with E-state index in [4.69, 9.17) is 37.0 Å². The summed E-state index contributed by atoms with van der Waals surface area (Å²) in [5.41, 5.74) is 0. The van der Waals surface area contributed by atoms with Crippen LogP contribution < -0.4 is 0 Å². The summed E-state index contributed by atoms with van der Waals surface area (Å²) in [4.78, 5) is 72.4. The first-order valence-electron chi connectivity index (χ1n) is 36.1. The zero-order valence-corrected chi connectivity index (χ0v) is 58.6. The Morgan fingerprint density at radius 1 is 0.307 bits per heavy atom. The summed E-state index contributed by atoms with van der Waals surface area (Å²) in [6.45, 7) is 7.18. The maximum atomic E-state index is 13.0. The Morgan fingerprint density at radius 2 is 0.523 bits per heavy atom. The highest BCUT2D eigenvalue weighted by Gasteiger charge is 2.30. The van der Waals surface area contributed by atoms with Gasteiger partial charge in [-0.1, -0.05) is 304 Å². The van der Waals surface area contributed by atoms with Crippen molar-refractivity contribution in [3.8, 4) is 0 Å². The van der Waals surface area contributed by atoms with Gasteiger partial charge in [-0.15, -0.1) is 0 Å². The third kappa shape index (κ3) is 62.8. The van der Waals surface area contributed by atoms with E-state index in [1.54, 1.807) is 0 Å². The monoisotopic (exact) mass is 1300 g/mol. The molecule has 522 valence electrons. The predicted octanol–water partition coefficient (Wildman–Crippen LogP) is 19.7. The molecule has 0 aliphatic rings. The summed E-state index contributed by atoms with van der Waals surface area (Å²) >= 11 is 0. The largest absolute Gasteiger partial charge is 0.472 e. The number of rotatable bonds is 69. The summed E-state index contributed by atoms with van der Waals surface area (Å²) in [5.74, 6) is -1.41. The summed E-state index contributed by atoms with van der Waals surface area (Å²) in [7, 11) is -9.89. The minimum absolute atomic E-state index is 0.105. The van der Waals surface area contributed by atoms with E-state index in [0.717, 1.165) is 102 Å². The van der Waals surface area contributed by atoms with E-state index in [1.807, 2.05) is 0 Å². The van der Waals surface area contributed by atoms with Crippen molar-refractivity contribution in [2.24, 2.45) is 5.92 Å². The van der Waals surface area contributed by atoms with Gasteiger partial charge in [0.2, 0.25) is 0 Å². The molecular formula is C69H134O17P2. The molecule has 0 rings (SSSR count). The van der Waals surface area contributed by atoms with E-state index in [2.05, 4.69) is 34.6 Å². The number of hydrogen-bond acceptors (Lipinski definition) is 15. The maximum Gasteiger partial charge on any atom is 0.472 e. The summed E-state index contributed by atoms with van der Waals surface area (Å²) in [5, 5.41) is 10.6. The molecule has 0 saturated heterocycles. The van der Waals surface area contributed by atoms with Crippen LogP contribution in [0.3, 0.4) is 0 Å². The predicted molar refractivity (Wildman–Crippen MR) is 354 cm³/mol. The molecule has 17 nitrogen and oxygen atoms in total. The zero-order valence-electron chi connectivity index (χ0n) is 56.9. The van der Waals surface area contributed by atoms with E-state index >= 15 is 0 Å². The van der Waals surface area contributed by atoms with Gasteiger partial charge in [-0.25, -0.2) is 9.13 Å². The Hall–Kier alpha value is -1.94. The van der Waals surface area contributed by atoms with Gasteiger partial charge in [0.15, 0.2) is 12.2 Å². The molecule has 0 aliphatic heterocycles. The molecule has 0 aromatic rings. The fourth-order valence-corrected chi connectivity index (χ4v) is 12.0. The van der Waals surface area contributed by atoms with E-state index in [1.165, 1.54) is 173 Å². The number of carbonyl (C=O) groups is 4. The summed E-state index contributed by atoms with van der Waals surface area (Å²) in [6, 6.07) is 0. The van der Waals surface area contributed by atoms with E-state index < -0.39 is 97.5 Å². The molecule has 0 radical (unpaired) electrons.